The predicted molar refractivity (Wildman–Crippen MR) is 59.8 cm³/mol. The molecule has 0 N–H and O–H groups in total. The quantitative estimate of drug-likeness (QED) is 0.497. The van der Waals surface area contributed by atoms with Gasteiger partial charge in [-0.2, -0.15) is 0 Å². The molecule has 1 radical (unpaired) electrons. The van der Waals surface area contributed by atoms with E-state index in [1.54, 1.807) is 0 Å². The number of benzene rings is 1. The van der Waals surface area contributed by atoms with E-state index in [0.29, 0.717) is 8.19 Å². The summed E-state index contributed by atoms with van der Waals surface area (Å²) in [5, 5.41) is 5.47. The fraction of sp³-hybridized carbons (Fsp3) is 0. The topological polar surface area (TPSA) is 0 Å². The minimum atomic E-state index is 0.712. The first-order chi connectivity index (χ1) is 6.43. The second kappa shape index (κ2) is 2.61. The van der Waals surface area contributed by atoms with Gasteiger partial charge in [0.05, 0.1) is 0 Å². The fourth-order valence-corrected chi connectivity index (χ4v) is 2.54. The summed E-state index contributed by atoms with van der Waals surface area (Å²) in [7, 11) is 0.712. The Morgan fingerprint density at radius 3 is 2.69 bits per heavy atom. The summed E-state index contributed by atoms with van der Waals surface area (Å²) in [5.74, 6) is 3.25. The van der Waals surface area contributed by atoms with Gasteiger partial charge in [-0.15, -0.1) is 8.19 Å². The molecular weight excluding hydrogens is 175 g/mol. The average molecular weight is 183 g/mol. The molecule has 3 aromatic rings. The molecule has 0 bridgehead atoms. The molecule has 0 spiro atoms. The standard InChI is InChI=1S/C12H8P/c1-3-9-7-11-5-2-6-13-12(11)8-10(9)4-1/h1-5,7-8,13H. The summed E-state index contributed by atoms with van der Waals surface area (Å²) in [4.78, 5) is 0. The van der Waals surface area contributed by atoms with E-state index in [1.165, 1.54) is 21.3 Å². The normalized spacial score (nSPS) is 11.7. The van der Waals surface area contributed by atoms with Crippen LogP contribution in [-0.4, -0.2) is 0 Å². The molecule has 0 saturated carbocycles. The molecule has 3 rings (SSSR count). The largest absolute Gasteiger partial charge is 0.123 e. The molecule has 0 amide bonds. The van der Waals surface area contributed by atoms with E-state index in [1.807, 2.05) is 6.07 Å². The molecule has 2 aromatic carbocycles. The van der Waals surface area contributed by atoms with Gasteiger partial charge in [-0.1, -0.05) is 24.3 Å². The first kappa shape index (κ1) is 7.17. The Bertz CT molecular complexity index is 514. The summed E-state index contributed by atoms with van der Waals surface area (Å²) < 4.78 is 0. The Labute approximate surface area is 78.3 Å². The molecule has 0 aliphatic rings. The second-order valence-electron chi connectivity index (χ2n) is 3.20. The third kappa shape index (κ3) is 1.07. The summed E-state index contributed by atoms with van der Waals surface area (Å²) >= 11 is 0. The summed E-state index contributed by atoms with van der Waals surface area (Å²) in [6, 6.07) is 15.1. The van der Waals surface area contributed by atoms with Crippen LogP contribution in [0.1, 0.15) is 0 Å². The second-order valence-corrected chi connectivity index (χ2v) is 4.27. The monoisotopic (exact) mass is 183 g/mol. The van der Waals surface area contributed by atoms with Crippen LogP contribution in [0.5, 0.6) is 0 Å². The Morgan fingerprint density at radius 2 is 1.77 bits per heavy atom. The zero-order valence-corrected chi connectivity index (χ0v) is 8.04. The maximum atomic E-state index is 3.25. The van der Waals surface area contributed by atoms with Crippen LogP contribution in [0.25, 0.3) is 21.3 Å². The lowest BCUT2D eigenvalue weighted by atomic mass is 10.2. The van der Waals surface area contributed by atoms with Gasteiger partial charge in [-0.3, -0.25) is 0 Å². The van der Waals surface area contributed by atoms with Crippen LogP contribution in [0.2, 0.25) is 0 Å². The van der Waals surface area contributed by atoms with Gasteiger partial charge in [-0.25, -0.2) is 0 Å². The molecule has 0 saturated heterocycles. The minimum Gasteiger partial charge on any atom is -0.123 e. The van der Waals surface area contributed by atoms with E-state index < -0.39 is 0 Å². The van der Waals surface area contributed by atoms with Gasteiger partial charge in [0.15, 0.2) is 0 Å². The number of rotatable bonds is 0. The maximum absolute atomic E-state index is 3.25. The molecular formula is C12H8P. The number of fused-ring (bicyclic) bond motifs is 2. The van der Waals surface area contributed by atoms with E-state index in [4.69, 9.17) is 0 Å². The summed E-state index contributed by atoms with van der Waals surface area (Å²) in [5.41, 5.74) is 0. The molecule has 1 atom stereocenters. The molecule has 0 fully saturated rings. The molecule has 0 aliphatic heterocycles. The predicted octanol–water partition coefficient (Wildman–Crippen LogP) is 3.82. The zero-order chi connectivity index (χ0) is 8.67. The zero-order valence-electron chi connectivity index (χ0n) is 7.04. The van der Waals surface area contributed by atoms with E-state index >= 15 is 0 Å². The van der Waals surface area contributed by atoms with Crippen LogP contribution in [0.15, 0.2) is 42.5 Å². The smallest absolute Gasteiger partial charge is 0.00251 e. The van der Waals surface area contributed by atoms with Gasteiger partial charge in [0.2, 0.25) is 0 Å². The van der Waals surface area contributed by atoms with E-state index in [9.17, 15) is 0 Å². The molecule has 0 nitrogen and oxygen atoms in total. The first-order valence-electron chi connectivity index (χ1n) is 4.31. The summed E-state index contributed by atoms with van der Waals surface area (Å²) in [6.45, 7) is 0. The number of hydrogen-bond acceptors (Lipinski definition) is 0. The third-order valence-electron chi connectivity index (χ3n) is 2.36. The highest BCUT2D eigenvalue weighted by Crippen LogP contribution is 2.27. The van der Waals surface area contributed by atoms with Crippen molar-refractivity contribution in [3.05, 3.63) is 48.3 Å². The van der Waals surface area contributed by atoms with Gasteiger partial charge in [0.1, 0.15) is 0 Å². The lowest BCUT2D eigenvalue weighted by Gasteiger charge is -1.96. The van der Waals surface area contributed by atoms with Crippen molar-refractivity contribution in [2.45, 2.75) is 0 Å². The van der Waals surface area contributed by atoms with Gasteiger partial charge >= 0.3 is 0 Å². The SMILES string of the molecule is [c]1ccc2cc3cccc3cc2[pH]1. The van der Waals surface area contributed by atoms with Gasteiger partial charge in [0, 0.05) is 5.80 Å². The molecule has 1 unspecified atom stereocenters. The minimum absolute atomic E-state index is 0.712. The molecule has 61 valence electrons. The van der Waals surface area contributed by atoms with Crippen LogP contribution >= 0.6 is 8.19 Å². The van der Waals surface area contributed by atoms with Crippen molar-refractivity contribution < 1.29 is 0 Å². The van der Waals surface area contributed by atoms with Crippen molar-refractivity contribution >= 4 is 29.5 Å². The fourth-order valence-electron chi connectivity index (χ4n) is 1.69. The van der Waals surface area contributed by atoms with Crippen molar-refractivity contribution in [2.24, 2.45) is 0 Å². The highest BCUT2D eigenvalue weighted by molar-refractivity contribution is 7.35. The van der Waals surface area contributed by atoms with E-state index in [0.717, 1.165) is 0 Å². The Balaban J connectivity index is 2.57. The Kier molecular flexibility index (Phi) is 1.44. The van der Waals surface area contributed by atoms with Crippen LogP contribution in [-0.2, 0) is 0 Å². The van der Waals surface area contributed by atoms with Crippen LogP contribution in [0.3, 0.4) is 0 Å². The molecule has 1 heterocycles. The van der Waals surface area contributed by atoms with Crippen LogP contribution in [0.4, 0.5) is 0 Å². The van der Waals surface area contributed by atoms with Crippen LogP contribution in [0, 0.1) is 5.80 Å². The van der Waals surface area contributed by atoms with Gasteiger partial charge < -0.3 is 0 Å². The van der Waals surface area contributed by atoms with E-state index in [2.05, 4.69) is 42.2 Å². The van der Waals surface area contributed by atoms with Crippen molar-refractivity contribution in [1.82, 2.24) is 0 Å². The molecule has 1 aromatic heterocycles. The highest BCUT2D eigenvalue weighted by atomic mass is 31.0. The lowest BCUT2D eigenvalue weighted by molar-refractivity contribution is 1.93. The third-order valence-corrected chi connectivity index (χ3v) is 3.37. The van der Waals surface area contributed by atoms with Gasteiger partial charge in [0.25, 0.3) is 0 Å². The number of hydrogen-bond donors (Lipinski definition) is 0. The van der Waals surface area contributed by atoms with Crippen LogP contribution < -0.4 is 0 Å². The van der Waals surface area contributed by atoms with Crippen molar-refractivity contribution in [3.8, 4) is 0 Å². The molecule has 0 aliphatic carbocycles. The summed E-state index contributed by atoms with van der Waals surface area (Å²) in [6.07, 6.45) is 0. The van der Waals surface area contributed by atoms with Crippen molar-refractivity contribution in [1.29, 1.82) is 0 Å². The van der Waals surface area contributed by atoms with E-state index in [-0.39, 0.29) is 0 Å². The average Bonchev–Trinajstić information content (AvgIpc) is 2.61. The highest BCUT2D eigenvalue weighted by Gasteiger charge is 1.96. The van der Waals surface area contributed by atoms with Crippen molar-refractivity contribution in [2.75, 3.05) is 0 Å². The Hall–Kier alpha value is -1.26. The Morgan fingerprint density at radius 1 is 0.923 bits per heavy atom. The first-order valence-corrected chi connectivity index (χ1v) is 5.31. The lowest BCUT2D eigenvalue weighted by Crippen LogP contribution is -1.67. The van der Waals surface area contributed by atoms with Crippen molar-refractivity contribution in [3.63, 3.8) is 0 Å². The molecule has 13 heavy (non-hydrogen) atoms. The maximum Gasteiger partial charge on any atom is 0.00251 e. The van der Waals surface area contributed by atoms with Gasteiger partial charge in [-0.05, 0) is 39.5 Å². The molecule has 1 heteroatoms.